The summed E-state index contributed by atoms with van der Waals surface area (Å²) in [5.74, 6) is -2.53. The van der Waals surface area contributed by atoms with Crippen LogP contribution in [0.5, 0.6) is 0 Å². The Labute approximate surface area is 171 Å². The average molecular weight is 449 g/mol. The number of nitrogens with one attached hydrogen (secondary N) is 1. The second-order valence-electron chi connectivity index (χ2n) is 6.50. The van der Waals surface area contributed by atoms with Gasteiger partial charge in [-0.15, -0.1) is 0 Å². The molecule has 12 heteroatoms. The minimum atomic E-state index is -4.94. The maximum atomic E-state index is 12.7. The van der Waals surface area contributed by atoms with Crippen molar-refractivity contribution in [3.8, 4) is 5.69 Å². The number of nitrogens with zero attached hydrogens (tertiary/aromatic N) is 1. The summed E-state index contributed by atoms with van der Waals surface area (Å²) in [4.78, 5) is 49.7. The van der Waals surface area contributed by atoms with Gasteiger partial charge in [0.15, 0.2) is 0 Å². The monoisotopic (exact) mass is 448 g/mol. The number of aromatic nitrogens is 2. The van der Waals surface area contributed by atoms with Crippen molar-refractivity contribution in [1.29, 1.82) is 0 Å². The van der Waals surface area contributed by atoms with E-state index in [9.17, 15) is 37.5 Å². The van der Waals surface area contributed by atoms with Gasteiger partial charge in [0.1, 0.15) is 5.69 Å². The largest absolute Gasteiger partial charge is 0.478 e. The number of hydrogen-bond acceptors (Lipinski definition) is 5. The zero-order valence-corrected chi connectivity index (χ0v) is 16.4. The molecule has 1 aromatic heterocycles. The van der Waals surface area contributed by atoms with E-state index in [0.29, 0.717) is 11.0 Å². The van der Waals surface area contributed by atoms with Crippen molar-refractivity contribution in [2.24, 2.45) is 0 Å². The molecular formula is C18H16ClF3N2O6. The van der Waals surface area contributed by atoms with Crippen molar-refractivity contribution in [3.63, 3.8) is 0 Å². The van der Waals surface area contributed by atoms with Crippen molar-refractivity contribution in [1.82, 2.24) is 9.55 Å². The van der Waals surface area contributed by atoms with Gasteiger partial charge in [-0.3, -0.25) is 4.79 Å². The smallest absolute Gasteiger partial charge is 0.431 e. The van der Waals surface area contributed by atoms with E-state index in [1.54, 1.807) is 11.9 Å². The predicted molar refractivity (Wildman–Crippen MR) is 99.0 cm³/mol. The van der Waals surface area contributed by atoms with Crippen LogP contribution in [0, 0.1) is 0 Å². The molecule has 2 N–H and O–H groups in total. The fourth-order valence-corrected chi connectivity index (χ4v) is 2.83. The van der Waals surface area contributed by atoms with Crippen molar-refractivity contribution in [3.05, 3.63) is 61.4 Å². The van der Waals surface area contributed by atoms with E-state index in [1.807, 2.05) is 0 Å². The Bertz CT molecular complexity index is 1080. The third-order valence-corrected chi connectivity index (χ3v) is 4.49. The van der Waals surface area contributed by atoms with Crippen LogP contribution in [0.4, 0.5) is 13.2 Å². The van der Waals surface area contributed by atoms with Gasteiger partial charge in [-0.1, -0.05) is 24.9 Å². The summed E-state index contributed by atoms with van der Waals surface area (Å²) in [7, 11) is 0. The van der Waals surface area contributed by atoms with Crippen molar-refractivity contribution < 1.29 is 32.6 Å². The molecule has 0 saturated heterocycles. The number of rotatable bonds is 6. The van der Waals surface area contributed by atoms with E-state index >= 15 is 0 Å². The highest BCUT2D eigenvalue weighted by Gasteiger charge is 2.37. The Morgan fingerprint density at radius 2 is 1.87 bits per heavy atom. The van der Waals surface area contributed by atoms with E-state index in [-0.39, 0.29) is 28.8 Å². The first-order valence-corrected chi connectivity index (χ1v) is 8.88. The first-order chi connectivity index (χ1) is 13.8. The van der Waals surface area contributed by atoms with E-state index < -0.39 is 40.7 Å². The lowest BCUT2D eigenvalue weighted by Crippen LogP contribution is -2.40. The lowest BCUT2D eigenvalue weighted by atomic mass is 10.0. The zero-order valence-electron chi connectivity index (χ0n) is 15.7. The molecule has 0 saturated carbocycles. The number of hydrogen-bond donors (Lipinski definition) is 2. The maximum absolute atomic E-state index is 12.7. The molecule has 0 aliphatic carbocycles. The molecule has 1 atom stereocenters. The third kappa shape index (κ3) is 4.73. The molecule has 0 bridgehead atoms. The summed E-state index contributed by atoms with van der Waals surface area (Å²) >= 11 is 5.96. The van der Waals surface area contributed by atoms with Crippen LogP contribution in [-0.2, 0) is 15.7 Å². The number of ether oxygens (including phenoxy) is 1. The molecule has 2 aromatic rings. The van der Waals surface area contributed by atoms with Gasteiger partial charge < -0.3 is 14.8 Å². The molecule has 2 rings (SSSR count). The number of alkyl halides is 3. The quantitative estimate of drug-likeness (QED) is 0.656. The van der Waals surface area contributed by atoms with Gasteiger partial charge in [-0.2, -0.15) is 13.2 Å². The van der Waals surface area contributed by atoms with Crippen LogP contribution in [0.3, 0.4) is 0 Å². The molecule has 30 heavy (non-hydrogen) atoms. The average Bonchev–Trinajstić information content (AvgIpc) is 2.61. The lowest BCUT2D eigenvalue weighted by Gasteiger charge is -2.24. The number of halogens is 4. The number of carboxylic acid groups (broad SMARTS) is 1. The summed E-state index contributed by atoms with van der Waals surface area (Å²) in [6.07, 6.45) is -4.55. The number of carbonyl (C=O) groups excluding carboxylic acids is 1. The van der Waals surface area contributed by atoms with Gasteiger partial charge >= 0.3 is 23.8 Å². The highest BCUT2D eigenvalue weighted by molar-refractivity contribution is 6.33. The van der Waals surface area contributed by atoms with E-state index in [2.05, 4.69) is 0 Å². The highest BCUT2D eigenvalue weighted by atomic mass is 35.5. The Kier molecular flexibility index (Phi) is 6.45. The maximum Gasteiger partial charge on any atom is 0.431 e. The lowest BCUT2D eigenvalue weighted by molar-refractivity contribution is -0.158. The molecule has 1 unspecified atom stereocenters. The van der Waals surface area contributed by atoms with Gasteiger partial charge in [0.2, 0.25) is 5.60 Å². The van der Waals surface area contributed by atoms with Crippen LogP contribution < -0.4 is 11.2 Å². The molecule has 8 nitrogen and oxygen atoms in total. The Morgan fingerprint density at radius 1 is 1.23 bits per heavy atom. The van der Waals surface area contributed by atoms with Crippen LogP contribution in [-0.4, -0.2) is 32.2 Å². The van der Waals surface area contributed by atoms with Crippen LogP contribution >= 0.6 is 11.6 Å². The van der Waals surface area contributed by atoms with E-state index in [0.717, 1.165) is 18.2 Å². The molecule has 0 aliphatic rings. The summed E-state index contributed by atoms with van der Waals surface area (Å²) in [6, 6.07) is 3.39. The topological polar surface area (TPSA) is 118 Å². The molecule has 1 heterocycles. The first-order valence-electron chi connectivity index (χ1n) is 8.50. The minimum absolute atomic E-state index is 0.00339. The Hall–Kier alpha value is -3.08. The zero-order chi connectivity index (χ0) is 22.9. The molecule has 0 amide bonds. The summed E-state index contributed by atoms with van der Waals surface area (Å²) in [5.41, 5.74) is -6.71. The number of H-pyrrole nitrogens is 1. The number of aromatic amines is 1. The minimum Gasteiger partial charge on any atom is -0.478 e. The molecular weight excluding hydrogens is 433 g/mol. The number of aliphatic carboxylic acids is 1. The fraction of sp³-hybridized carbons (Fsp3) is 0.333. The van der Waals surface area contributed by atoms with Crippen LogP contribution in [0.15, 0.2) is 33.9 Å². The standard InChI is InChI=1S/C18H16ClF3N2O6/c1-3-6-17(2,15(27)28)30-14(26)10-7-9(4-5-11(10)19)24-13(25)8-12(18(20,21)22)23-16(24)29/h4-5,7-8H,3,6H2,1-2H3,(H,23,29)(H,27,28). The van der Waals surface area contributed by atoms with Crippen LogP contribution in [0.25, 0.3) is 5.69 Å². The third-order valence-electron chi connectivity index (χ3n) is 4.16. The summed E-state index contributed by atoms with van der Waals surface area (Å²) in [6.45, 7) is 2.88. The number of benzene rings is 1. The summed E-state index contributed by atoms with van der Waals surface area (Å²) in [5, 5.41) is 9.16. The highest BCUT2D eigenvalue weighted by Crippen LogP contribution is 2.27. The van der Waals surface area contributed by atoms with Gasteiger partial charge in [0.05, 0.1) is 16.3 Å². The molecule has 0 radical (unpaired) electrons. The van der Waals surface area contributed by atoms with Crippen LogP contribution in [0.2, 0.25) is 5.02 Å². The second-order valence-corrected chi connectivity index (χ2v) is 6.91. The van der Waals surface area contributed by atoms with Gasteiger partial charge in [0.25, 0.3) is 5.56 Å². The van der Waals surface area contributed by atoms with Crippen molar-refractivity contribution in [2.75, 3.05) is 0 Å². The van der Waals surface area contributed by atoms with Crippen LogP contribution in [0.1, 0.15) is 42.7 Å². The van der Waals surface area contributed by atoms with Crippen molar-refractivity contribution in [2.45, 2.75) is 38.5 Å². The fourth-order valence-electron chi connectivity index (χ4n) is 2.64. The second kappa shape index (κ2) is 8.34. The summed E-state index contributed by atoms with van der Waals surface area (Å²) < 4.78 is 43.7. The van der Waals surface area contributed by atoms with Gasteiger partial charge in [0, 0.05) is 6.07 Å². The molecule has 1 aromatic carbocycles. The van der Waals surface area contributed by atoms with Gasteiger partial charge in [-0.25, -0.2) is 19.0 Å². The molecule has 0 fully saturated rings. The predicted octanol–water partition coefficient (Wildman–Crippen LogP) is 3.00. The first kappa shape index (κ1) is 23.2. The number of esters is 1. The SMILES string of the molecule is CCCC(C)(OC(=O)c1cc(-n2c(=O)cc(C(F)(F)F)[nH]c2=O)ccc1Cl)C(=O)O. The van der Waals surface area contributed by atoms with E-state index in [1.165, 1.54) is 6.92 Å². The Balaban J connectivity index is 2.53. The Morgan fingerprint density at radius 3 is 2.37 bits per heavy atom. The molecule has 162 valence electrons. The molecule has 0 aliphatic heterocycles. The normalized spacial score (nSPS) is 13.5. The number of carboxylic acids is 1. The van der Waals surface area contributed by atoms with Crippen molar-refractivity contribution >= 4 is 23.5 Å². The van der Waals surface area contributed by atoms with E-state index in [4.69, 9.17) is 16.3 Å². The number of carbonyl (C=O) groups is 2. The molecule has 0 spiro atoms. The van der Waals surface area contributed by atoms with Gasteiger partial charge in [-0.05, 0) is 31.5 Å².